The summed E-state index contributed by atoms with van der Waals surface area (Å²) in [4.78, 5) is 22.9. The number of nitrogens with two attached hydrogens (primary N) is 1. The van der Waals surface area contributed by atoms with Crippen molar-refractivity contribution in [2.45, 2.75) is 13.3 Å². The highest BCUT2D eigenvalue weighted by atomic mass is 35.5. The molecular formula is C15H23Cl2N3O4. The molecule has 0 aromatic heterocycles. The Hall–Kier alpha value is -1.70. The molecule has 0 radical (unpaired) electrons. The largest absolute Gasteiger partial charge is 0.493 e. The highest BCUT2D eigenvalue weighted by molar-refractivity contribution is 6.32. The second-order valence-electron chi connectivity index (χ2n) is 4.75. The highest BCUT2D eigenvalue weighted by Gasteiger charge is 2.16. The maximum Gasteiger partial charge on any atom is 0.255 e. The van der Waals surface area contributed by atoms with Crippen molar-refractivity contribution in [3.63, 3.8) is 0 Å². The summed E-state index contributed by atoms with van der Waals surface area (Å²) in [6, 6.07) is 2.95. The number of carbonyl (C=O) groups excluding carboxylic acids is 2. The van der Waals surface area contributed by atoms with E-state index in [4.69, 9.17) is 26.8 Å². The molecule has 9 heteroatoms. The zero-order valence-electron chi connectivity index (χ0n) is 13.7. The molecule has 1 aromatic carbocycles. The standard InChI is InChI=1S/C15H22ClN3O4.ClH/c1-3-4-18-5-6-19-15(21)10-7-11(16)14(12(8-10)22-2)23-9-13(17)20;/h7-8,18H,3-6,9H2,1-2H3,(H2,17,20)(H,19,21);1H. The molecule has 2 amide bonds. The summed E-state index contributed by atoms with van der Waals surface area (Å²) < 4.78 is 10.4. The molecule has 24 heavy (non-hydrogen) atoms. The monoisotopic (exact) mass is 379 g/mol. The van der Waals surface area contributed by atoms with Gasteiger partial charge in [0.2, 0.25) is 0 Å². The predicted molar refractivity (Wildman–Crippen MR) is 95.4 cm³/mol. The van der Waals surface area contributed by atoms with Crippen molar-refractivity contribution in [1.82, 2.24) is 10.6 Å². The Labute approximate surface area is 152 Å². The number of hydrogen-bond donors (Lipinski definition) is 3. The molecule has 0 fully saturated rings. The predicted octanol–water partition coefficient (Wildman–Crippen LogP) is 1.36. The first-order valence-electron chi connectivity index (χ1n) is 7.27. The van der Waals surface area contributed by atoms with Gasteiger partial charge in [-0.05, 0) is 25.1 Å². The van der Waals surface area contributed by atoms with Crippen LogP contribution in [0.2, 0.25) is 5.02 Å². The van der Waals surface area contributed by atoms with Crippen LogP contribution in [-0.2, 0) is 4.79 Å². The topological polar surface area (TPSA) is 103 Å². The van der Waals surface area contributed by atoms with E-state index in [0.29, 0.717) is 18.7 Å². The number of nitrogens with one attached hydrogen (secondary N) is 2. The van der Waals surface area contributed by atoms with Gasteiger partial charge in [-0.25, -0.2) is 0 Å². The average molecular weight is 380 g/mol. The van der Waals surface area contributed by atoms with Crippen molar-refractivity contribution >= 4 is 35.8 Å². The number of methoxy groups -OCH3 is 1. The van der Waals surface area contributed by atoms with E-state index in [1.807, 2.05) is 0 Å². The maximum absolute atomic E-state index is 12.1. The number of amides is 2. The van der Waals surface area contributed by atoms with Crippen molar-refractivity contribution in [1.29, 1.82) is 0 Å². The molecule has 0 spiro atoms. The van der Waals surface area contributed by atoms with Crippen LogP contribution in [0.25, 0.3) is 0 Å². The van der Waals surface area contributed by atoms with E-state index in [-0.39, 0.29) is 41.4 Å². The Morgan fingerprint density at radius 3 is 2.54 bits per heavy atom. The summed E-state index contributed by atoms with van der Waals surface area (Å²) in [5.41, 5.74) is 5.37. The Morgan fingerprint density at radius 1 is 1.25 bits per heavy atom. The number of halogens is 2. The van der Waals surface area contributed by atoms with Gasteiger partial charge in [0.25, 0.3) is 11.8 Å². The van der Waals surface area contributed by atoms with Crippen LogP contribution in [0.3, 0.4) is 0 Å². The fraction of sp³-hybridized carbons (Fsp3) is 0.467. The summed E-state index contributed by atoms with van der Waals surface area (Å²) in [5.74, 6) is -0.475. The van der Waals surface area contributed by atoms with Crippen LogP contribution in [0.5, 0.6) is 11.5 Å². The van der Waals surface area contributed by atoms with Crippen molar-refractivity contribution in [3.8, 4) is 11.5 Å². The third kappa shape index (κ3) is 7.25. The average Bonchev–Trinajstić information content (AvgIpc) is 2.52. The van der Waals surface area contributed by atoms with E-state index in [1.54, 1.807) is 0 Å². The lowest BCUT2D eigenvalue weighted by Crippen LogP contribution is -2.32. The minimum atomic E-state index is -0.635. The summed E-state index contributed by atoms with van der Waals surface area (Å²) in [7, 11) is 1.42. The molecule has 0 aliphatic heterocycles. The molecule has 0 unspecified atom stereocenters. The molecule has 7 nitrogen and oxygen atoms in total. The summed E-state index contributed by atoms with van der Waals surface area (Å²) in [6.07, 6.45) is 1.04. The van der Waals surface area contributed by atoms with Gasteiger partial charge in [0.05, 0.1) is 12.1 Å². The fourth-order valence-electron chi connectivity index (χ4n) is 1.80. The van der Waals surface area contributed by atoms with E-state index < -0.39 is 5.91 Å². The molecule has 136 valence electrons. The minimum Gasteiger partial charge on any atom is -0.493 e. The van der Waals surface area contributed by atoms with Gasteiger partial charge in [-0.3, -0.25) is 9.59 Å². The molecule has 0 bridgehead atoms. The van der Waals surface area contributed by atoms with Crippen molar-refractivity contribution in [2.24, 2.45) is 5.73 Å². The van der Waals surface area contributed by atoms with Gasteiger partial charge < -0.3 is 25.8 Å². The van der Waals surface area contributed by atoms with Crippen LogP contribution >= 0.6 is 24.0 Å². The van der Waals surface area contributed by atoms with E-state index in [9.17, 15) is 9.59 Å². The number of primary amides is 1. The van der Waals surface area contributed by atoms with Crippen molar-refractivity contribution < 1.29 is 19.1 Å². The van der Waals surface area contributed by atoms with Crippen LogP contribution in [0.4, 0.5) is 0 Å². The molecule has 0 aliphatic carbocycles. The molecule has 0 heterocycles. The molecule has 1 aromatic rings. The van der Waals surface area contributed by atoms with Gasteiger partial charge >= 0.3 is 0 Å². The fourth-order valence-corrected chi connectivity index (χ4v) is 2.07. The first-order chi connectivity index (χ1) is 11.0. The first-order valence-corrected chi connectivity index (χ1v) is 7.65. The molecule has 0 aliphatic rings. The lowest BCUT2D eigenvalue weighted by atomic mass is 10.2. The normalized spacial score (nSPS) is 9.79. The van der Waals surface area contributed by atoms with E-state index in [0.717, 1.165) is 13.0 Å². The summed E-state index contributed by atoms with van der Waals surface area (Å²) in [5, 5.41) is 6.13. The van der Waals surface area contributed by atoms with Gasteiger partial charge in [0.1, 0.15) is 0 Å². The van der Waals surface area contributed by atoms with Crippen LogP contribution in [0, 0.1) is 0 Å². The Balaban J connectivity index is 0.00000529. The van der Waals surface area contributed by atoms with E-state index >= 15 is 0 Å². The molecule has 4 N–H and O–H groups in total. The zero-order valence-corrected chi connectivity index (χ0v) is 15.3. The number of ether oxygens (including phenoxy) is 2. The third-order valence-electron chi connectivity index (χ3n) is 2.86. The number of rotatable bonds is 10. The number of carbonyl (C=O) groups is 2. The van der Waals surface area contributed by atoms with Gasteiger partial charge in [-0.1, -0.05) is 18.5 Å². The summed E-state index contributed by atoms with van der Waals surface area (Å²) >= 11 is 6.09. The summed E-state index contributed by atoms with van der Waals surface area (Å²) in [6.45, 7) is 3.83. The zero-order chi connectivity index (χ0) is 17.2. The quantitative estimate of drug-likeness (QED) is 0.532. The number of benzene rings is 1. The Kier molecular flexibility index (Phi) is 10.9. The number of hydrogen-bond acceptors (Lipinski definition) is 5. The highest BCUT2D eigenvalue weighted by Crippen LogP contribution is 2.36. The van der Waals surface area contributed by atoms with Gasteiger partial charge in [0.15, 0.2) is 18.1 Å². The third-order valence-corrected chi connectivity index (χ3v) is 3.15. The lowest BCUT2D eigenvalue weighted by Gasteiger charge is -2.13. The van der Waals surface area contributed by atoms with Crippen molar-refractivity contribution in [3.05, 3.63) is 22.7 Å². The van der Waals surface area contributed by atoms with E-state index in [1.165, 1.54) is 19.2 Å². The van der Waals surface area contributed by atoms with Crippen LogP contribution in [-0.4, -0.2) is 45.2 Å². The van der Waals surface area contributed by atoms with Crippen molar-refractivity contribution in [2.75, 3.05) is 33.4 Å². The maximum atomic E-state index is 12.1. The molecule has 1 rings (SSSR count). The second-order valence-corrected chi connectivity index (χ2v) is 5.16. The SMILES string of the molecule is CCCNCCNC(=O)c1cc(Cl)c(OCC(N)=O)c(OC)c1.Cl. The minimum absolute atomic E-state index is 0. The van der Waals surface area contributed by atoms with Crippen LogP contribution < -0.4 is 25.8 Å². The van der Waals surface area contributed by atoms with Crippen LogP contribution in [0.15, 0.2) is 12.1 Å². The Morgan fingerprint density at radius 2 is 1.96 bits per heavy atom. The van der Waals surface area contributed by atoms with Gasteiger partial charge in [0, 0.05) is 18.7 Å². The van der Waals surface area contributed by atoms with Gasteiger partial charge in [-0.15, -0.1) is 12.4 Å². The molecule has 0 saturated heterocycles. The molecular weight excluding hydrogens is 357 g/mol. The van der Waals surface area contributed by atoms with Crippen LogP contribution in [0.1, 0.15) is 23.7 Å². The molecule has 0 saturated carbocycles. The van der Waals surface area contributed by atoms with Gasteiger partial charge in [-0.2, -0.15) is 0 Å². The second kappa shape index (κ2) is 11.8. The Bertz CT molecular complexity index is 556. The smallest absolute Gasteiger partial charge is 0.255 e. The molecule has 0 atom stereocenters. The van der Waals surface area contributed by atoms with E-state index in [2.05, 4.69) is 17.6 Å². The first kappa shape index (κ1) is 22.3. The lowest BCUT2D eigenvalue weighted by molar-refractivity contribution is -0.119.